The summed E-state index contributed by atoms with van der Waals surface area (Å²) in [7, 11) is 1.85. The van der Waals surface area contributed by atoms with Crippen LogP contribution in [0.5, 0.6) is 0 Å². The summed E-state index contributed by atoms with van der Waals surface area (Å²) in [6, 6.07) is 1.93. The standard InChI is InChI=1S/C16H30N6O/c1-16(2,3)19-7-6-18-15(17-4)22-10-8-21(9-11-22)13-14-5-12-23-20-14/h5,12,19H,6-11,13H2,1-4H3,(H,17,18). The van der Waals surface area contributed by atoms with Gasteiger partial charge in [-0.25, -0.2) is 0 Å². The van der Waals surface area contributed by atoms with Crippen molar-refractivity contribution in [2.75, 3.05) is 46.3 Å². The Balaban J connectivity index is 1.70. The predicted octanol–water partition coefficient (Wildman–Crippen LogP) is 0.756. The molecular formula is C16H30N6O. The molecule has 0 radical (unpaired) electrons. The molecular weight excluding hydrogens is 292 g/mol. The van der Waals surface area contributed by atoms with E-state index in [9.17, 15) is 0 Å². The summed E-state index contributed by atoms with van der Waals surface area (Å²) in [4.78, 5) is 9.11. The van der Waals surface area contributed by atoms with Gasteiger partial charge in [0.15, 0.2) is 5.96 Å². The van der Waals surface area contributed by atoms with Crippen LogP contribution in [0, 0.1) is 0 Å². The number of piperazine rings is 1. The second-order valence-corrected chi connectivity index (χ2v) is 6.90. The third-order valence-electron chi connectivity index (χ3n) is 3.82. The first-order chi connectivity index (χ1) is 11.0. The van der Waals surface area contributed by atoms with Crippen LogP contribution in [0.15, 0.2) is 21.8 Å². The number of aromatic nitrogens is 1. The topological polar surface area (TPSA) is 68.9 Å². The van der Waals surface area contributed by atoms with Crippen molar-refractivity contribution in [3.63, 3.8) is 0 Å². The minimum atomic E-state index is 0.151. The lowest BCUT2D eigenvalue weighted by Crippen LogP contribution is -2.53. The van der Waals surface area contributed by atoms with E-state index in [1.807, 2.05) is 13.1 Å². The number of nitrogens with zero attached hydrogens (tertiary/aromatic N) is 4. The zero-order chi connectivity index (χ0) is 16.7. The Morgan fingerprint density at radius 1 is 1.26 bits per heavy atom. The zero-order valence-corrected chi connectivity index (χ0v) is 14.8. The number of aliphatic imine (C=N–C) groups is 1. The average Bonchev–Trinajstić information content (AvgIpc) is 3.00. The molecule has 2 rings (SSSR count). The molecule has 1 aromatic heterocycles. The van der Waals surface area contributed by atoms with Gasteiger partial charge in [-0.2, -0.15) is 0 Å². The van der Waals surface area contributed by atoms with Crippen LogP contribution in [-0.2, 0) is 6.54 Å². The highest BCUT2D eigenvalue weighted by atomic mass is 16.5. The molecule has 23 heavy (non-hydrogen) atoms. The van der Waals surface area contributed by atoms with Gasteiger partial charge in [-0.05, 0) is 20.8 Å². The van der Waals surface area contributed by atoms with Crippen molar-refractivity contribution in [3.8, 4) is 0 Å². The van der Waals surface area contributed by atoms with E-state index in [1.54, 1.807) is 6.26 Å². The van der Waals surface area contributed by atoms with Gasteiger partial charge in [0.05, 0.1) is 5.69 Å². The summed E-state index contributed by atoms with van der Waals surface area (Å²) in [6.45, 7) is 13.2. The molecule has 2 N–H and O–H groups in total. The van der Waals surface area contributed by atoms with E-state index in [4.69, 9.17) is 4.52 Å². The summed E-state index contributed by atoms with van der Waals surface area (Å²) in [5.41, 5.74) is 1.15. The van der Waals surface area contributed by atoms with Crippen molar-refractivity contribution in [2.45, 2.75) is 32.9 Å². The summed E-state index contributed by atoms with van der Waals surface area (Å²) >= 11 is 0. The van der Waals surface area contributed by atoms with Crippen molar-refractivity contribution in [1.82, 2.24) is 25.6 Å². The molecule has 1 aliphatic rings. The molecule has 1 aromatic rings. The van der Waals surface area contributed by atoms with Gasteiger partial charge in [-0.3, -0.25) is 9.89 Å². The van der Waals surface area contributed by atoms with Crippen LogP contribution in [0.3, 0.4) is 0 Å². The van der Waals surface area contributed by atoms with E-state index < -0.39 is 0 Å². The van der Waals surface area contributed by atoms with E-state index in [0.717, 1.165) is 57.5 Å². The minimum Gasteiger partial charge on any atom is -0.364 e. The second kappa shape index (κ2) is 8.31. The maximum absolute atomic E-state index is 4.89. The molecule has 130 valence electrons. The largest absolute Gasteiger partial charge is 0.364 e. The average molecular weight is 322 g/mol. The molecule has 0 amide bonds. The maximum Gasteiger partial charge on any atom is 0.193 e. The molecule has 1 fully saturated rings. The van der Waals surface area contributed by atoms with Crippen LogP contribution in [0.2, 0.25) is 0 Å². The van der Waals surface area contributed by atoms with Crippen LogP contribution in [0.25, 0.3) is 0 Å². The Hall–Kier alpha value is -1.60. The van der Waals surface area contributed by atoms with Gasteiger partial charge in [0, 0.05) is 64.5 Å². The number of hydrogen-bond donors (Lipinski definition) is 2. The summed E-state index contributed by atoms with van der Waals surface area (Å²) in [6.07, 6.45) is 1.63. The molecule has 0 aliphatic carbocycles. The van der Waals surface area contributed by atoms with Gasteiger partial charge in [0.2, 0.25) is 0 Å². The number of guanidine groups is 1. The summed E-state index contributed by atoms with van der Waals surface area (Å²) in [5.74, 6) is 0.988. The Kier molecular flexibility index (Phi) is 6.41. The lowest BCUT2D eigenvalue weighted by atomic mass is 10.1. The molecule has 0 aromatic carbocycles. The van der Waals surface area contributed by atoms with E-state index >= 15 is 0 Å². The fraction of sp³-hybridized carbons (Fsp3) is 0.750. The first-order valence-electron chi connectivity index (χ1n) is 8.30. The third kappa shape index (κ3) is 6.19. The van der Waals surface area contributed by atoms with Gasteiger partial charge in [0.1, 0.15) is 6.26 Å². The van der Waals surface area contributed by atoms with Crippen LogP contribution in [-0.4, -0.2) is 72.8 Å². The summed E-state index contributed by atoms with van der Waals surface area (Å²) < 4.78 is 4.89. The van der Waals surface area contributed by atoms with Crippen molar-refractivity contribution in [3.05, 3.63) is 18.0 Å². The smallest absolute Gasteiger partial charge is 0.193 e. The quantitative estimate of drug-likeness (QED) is 0.474. The van der Waals surface area contributed by atoms with Crippen molar-refractivity contribution in [1.29, 1.82) is 0 Å². The lowest BCUT2D eigenvalue weighted by Gasteiger charge is -2.36. The van der Waals surface area contributed by atoms with Gasteiger partial charge in [-0.15, -0.1) is 0 Å². The second-order valence-electron chi connectivity index (χ2n) is 6.90. The van der Waals surface area contributed by atoms with Crippen LogP contribution < -0.4 is 10.6 Å². The number of nitrogens with one attached hydrogen (secondary N) is 2. The number of hydrogen-bond acceptors (Lipinski definition) is 5. The van der Waals surface area contributed by atoms with Gasteiger partial charge in [0.25, 0.3) is 0 Å². The lowest BCUT2D eigenvalue weighted by molar-refractivity contribution is 0.169. The highest BCUT2D eigenvalue weighted by Gasteiger charge is 2.20. The Labute approximate surface area is 139 Å². The maximum atomic E-state index is 4.89. The molecule has 0 saturated carbocycles. The summed E-state index contributed by atoms with van der Waals surface area (Å²) in [5, 5.41) is 10.9. The Morgan fingerprint density at radius 2 is 2.00 bits per heavy atom. The van der Waals surface area contributed by atoms with Gasteiger partial charge < -0.3 is 20.1 Å². The van der Waals surface area contributed by atoms with E-state index in [0.29, 0.717) is 0 Å². The van der Waals surface area contributed by atoms with E-state index in [1.165, 1.54) is 0 Å². The molecule has 7 nitrogen and oxygen atoms in total. The van der Waals surface area contributed by atoms with Crippen LogP contribution in [0.4, 0.5) is 0 Å². The van der Waals surface area contributed by atoms with E-state index in [-0.39, 0.29) is 5.54 Å². The Bertz CT molecular complexity index is 471. The molecule has 2 heterocycles. The first-order valence-corrected chi connectivity index (χ1v) is 8.30. The Morgan fingerprint density at radius 3 is 2.57 bits per heavy atom. The molecule has 0 atom stereocenters. The van der Waals surface area contributed by atoms with Crippen molar-refractivity contribution < 1.29 is 4.52 Å². The highest BCUT2D eigenvalue weighted by molar-refractivity contribution is 5.80. The van der Waals surface area contributed by atoms with Crippen LogP contribution >= 0.6 is 0 Å². The normalized spacial score (nSPS) is 17.6. The van der Waals surface area contributed by atoms with Gasteiger partial charge >= 0.3 is 0 Å². The van der Waals surface area contributed by atoms with Crippen LogP contribution in [0.1, 0.15) is 26.5 Å². The predicted molar refractivity (Wildman–Crippen MR) is 92.5 cm³/mol. The SMILES string of the molecule is CN=C(NCCNC(C)(C)C)N1CCN(Cc2ccon2)CC1. The molecule has 1 saturated heterocycles. The minimum absolute atomic E-state index is 0.151. The fourth-order valence-corrected chi connectivity index (χ4v) is 2.61. The molecule has 0 unspecified atom stereocenters. The molecule has 0 spiro atoms. The molecule has 7 heteroatoms. The van der Waals surface area contributed by atoms with Crippen molar-refractivity contribution >= 4 is 5.96 Å². The zero-order valence-electron chi connectivity index (χ0n) is 14.8. The monoisotopic (exact) mass is 322 g/mol. The fourth-order valence-electron chi connectivity index (χ4n) is 2.61. The third-order valence-corrected chi connectivity index (χ3v) is 3.82. The first kappa shape index (κ1) is 17.7. The molecule has 0 bridgehead atoms. The van der Waals surface area contributed by atoms with Crippen molar-refractivity contribution in [2.24, 2.45) is 4.99 Å². The number of rotatable bonds is 5. The van der Waals surface area contributed by atoms with E-state index in [2.05, 4.69) is 51.4 Å². The highest BCUT2D eigenvalue weighted by Crippen LogP contribution is 2.07. The van der Waals surface area contributed by atoms with Gasteiger partial charge in [-0.1, -0.05) is 5.16 Å². The molecule has 1 aliphatic heterocycles.